The molecule has 0 amide bonds. The maximum Gasteiger partial charge on any atom is 0.119 e. The number of ether oxygens (including phenoxy) is 2. The molecule has 2 heteroatoms. The van der Waals surface area contributed by atoms with Crippen LogP contribution in [0.4, 0.5) is 0 Å². The van der Waals surface area contributed by atoms with E-state index in [0.717, 1.165) is 5.75 Å². The largest absolute Gasteiger partial charge is 0.491 e. The van der Waals surface area contributed by atoms with Crippen molar-refractivity contribution in [2.24, 2.45) is 0 Å². The van der Waals surface area contributed by atoms with Gasteiger partial charge in [0.05, 0.1) is 13.7 Å². The molecule has 0 aliphatic carbocycles. The maximum atomic E-state index is 5.34. The second-order valence-corrected chi connectivity index (χ2v) is 2.57. The van der Waals surface area contributed by atoms with Crippen molar-refractivity contribution in [3.8, 4) is 5.75 Å². The van der Waals surface area contributed by atoms with Gasteiger partial charge in [-0.15, -0.1) is 0 Å². The van der Waals surface area contributed by atoms with Gasteiger partial charge in [-0.1, -0.05) is 17.7 Å². The third-order valence-electron chi connectivity index (χ3n) is 1.52. The Balaban J connectivity index is 2.37. The first-order valence-corrected chi connectivity index (χ1v) is 3.89. The molecule has 1 aromatic rings. The Hall–Kier alpha value is -1.02. The summed E-state index contributed by atoms with van der Waals surface area (Å²) in [6.45, 7) is 3.11. The van der Waals surface area contributed by atoms with Gasteiger partial charge in [0.1, 0.15) is 12.4 Å². The minimum atomic E-state index is 0.522. The van der Waals surface area contributed by atoms with Crippen LogP contribution < -0.4 is 4.74 Å². The van der Waals surface area contributed by atoms with Crippen LogP contribution in [-0.2, 0) is 4.74 Å². The normalized spacial score (nSPS) is 9.83. The van der Waals surface area contributed by atoms with E-state index in [9.17, 15) is 0 Å². The van der Waals surface area contributed by atoms with Crippen LogP contribution in [0.3, 0.4) is 0 Å². The first-order chi connectivity index (χ1) is 5.83. The molecule has 2 nitrogen and oxygen atoms in total. The van der Waals surface area contributed by atoms with E-state index in [-0.39, 0.29) is 0 Å². The first kappa shape index (κ1) is 9.07. The summed E-state index contributed by atoms with van der Waals surface area (Å²) in [5.41, 5.74) is 1.23. The van der Waals surface area contributed by atoms with Crippen molar-refractivity contribution < 1.29 is 9.47 Å². The van der Waals surface area contributed by atoms with Gasteiger partial charge in [-0.3, -0.25) is 0 Å². The molecule has 0 aliphatic rings. The van der Waals surface area contributed by atoms with Crippen molar-refractivity contribution in [3.63, 3.8) is 0 Å². The van der Waals surface area contributed by atoms with Gasteiger partial charge in [-0.2, -0.15) is 0 Å². The van der Waals surface area contributed by atoms with E-state index in [1.54, 1.807) is 0 Å². The Morgan fingerprint density at radius 1 is 1.17 bits per heavy atom. The predicted octanol–water partition coefficient (Wildman–Crippen LogP) is 2.18. The highest BCUT2D eigenvalue weighted by molar-refractivity contribution is 5.26. The molecule has 0 saturated heterocycles. The average molecular weight is 165 g/mol. The highest BCUT2D eigenvalue weighted by Crippen LogP contribution is 2.10. The lowest BCUT2D eigenvalue weighted by Gasteiger charge is -2.04. The Kier molecular flexibility index (Phi) is 3.61. The summed E-state index contributed by atoms with van der Waals surface area (Å²) < 4.78 is 9.95. The fraction of sp³-hybridized carbons (Fsp3) is 0.300. The van der Waals surface area contributed by atoms with E-state index in [4.69, 9.17) is 4.74 Å². The van der Waals surface area contributed by atoms with Gasteiger partial charge in [-0.05, 0) is 19.1 Å². The smallest absolute Gasteiger partial charge is 0.119 e. The van der Waals surface area contributed by atoms with Crippen molar-refractivity contribution in [2.45, 2.75) is 6.92 Å². The molecular weight excluding hydrogens is 152 g/mol. The van der Waals surface area contributed by atoms with Crippen LogP contribution in [0.25, 0.3) is 0 Å². The number of benzene rings is 1. The quantitative estimate of drug-likeness (QED) is 0.637. The Morgan fingerprint density at radius 2 is 1.83 bits per heavy atom. The summed E-state index contributed by atoms with van der Waals surface area (Å²) in [4.78, 5) is 0. The van der Waals surface area contributed by atoms with Crippen molar-refractivity contribution in [2.75, 3.05) is 13.2 Å². The van der Waals surface area contributed by atoms with Crippen molar-refractivity contribution in [1.29, 1.82) is 0 Å². The molecule has 1 radical (unpaired) electrons. The summed E-state index contributed by atoms with van der Waals surface area (Å²) in [7, 11) is 3.25. The third-order valence-corrected chi connectivity index (χ3v) is 1.52. The van der Waals surface area contributed by atoms with Crippen molar-refractivity contribution >= 4 is 0 Å². The van der Waals surface area contributed by atoms with Crippen LogP contribution in [0.15, 0.2) is 24.3 Å². The molecule has 1 aromatic carbocycles. The molecule has 0 unspecified atom stereocenters. The Morgan fingerprint density at radius 3 is 2.42 bits per heavy atom. The summed E-state index contributed by atoms with van der Waals surface area (Å²) in [6.07, 6.45) is 0. The van der Waals surface area contributed by atoms with Crippen LogP contribution in [-0.4, -0.2) is 13.2 Å². The lowest BCUT2D eigenvalue weighted by Crippen LogP contribution is -2.03. The average Bonchev–Trinajstić information content (AvgIpc) is 2.09. The van der Waals surface area contributed by atoms with Crippen LogP contribution >= 0.6 is 0 Å². The van der Waals surface area contributed by atoms with Crippen LogP contribution in [0.2, 0.25) is 0 Å². The summed E-state index contributed by atoms with van der Waals surface area (Å²) in [5, 5.41) is 0. The van der Waals surface area contributed by atoms with Crippen LogP contribution in [0.5, 0.6) is 5.75 Å². The molecule has 0 saturated carbocycles. The predicted molar refractivity (Wildman–Crippen MR) is 48.0 cm³/mol. The molecule has 0 N–H and O–H groups in total. The number of aryl methyl sites for hydroxylation is 1. The van der Waals surface area contributed by atoms with E-state index in [2.05, 4.69) is 11.8 Å². The second-order valence-electron chi connectivity index (χ2n) is 2.57. The van der Waals surface area contributed by atoms with Gasteiger partial charge < -0.3 is 9.47 Å². The SMILES string of the molecule is [CH2]OCCOc1ccc(C)cc1. The molecule has 1 rings (SSSR count). The molecule has 0 aromatic heterocycles. The van der Waals surface area contributed by atoms with Gasteiger partial charge in [0, 0.05) is 0 Å². The minimum absolute atomic E-state index is 0.522. The molecule has 0 spiro atoms. The molecule has 0 heterocycles. The standard InChI is InChI=1S/C10H13O2/c1-9-3-5-10(6-4-9)12-8-7-11-2/h3-6H,2,7-8H2,1H3. The fourth-order valence-corrected chi connectivity index (χ4v) is 0.853. The van der Waals surface area contributed by atoms with E-state index < -0.39 is 0 Å². The van der Waals surface area contributed by atoms with Crippen LogP contribution in [0.1, 0.15) is 5.56 Å². The molecule has 0 fully saturated rings. The second kappa shape index (κ2) is 4.78. The molecule has 0 atom stereocenters. The van der Waals surface area contributed by atoms with Gasteiger partial charge in [0.25, 0.3) is 0 Å². The lowest BCUT2D eigenvalue weighted by molar-refractivity contribution is 0.174. The molecular formula is C10H13O2. The van der Waals surface area contributed by atoms with E-state index >= 15 is 0 Å². The topological polar surface area (TPSA) is 18.5 Å². The Bertz CT molecular complexity index is 216. The van der Waals surface area contributed by atoms with Crippen molar-refractivity contribution in [3.05, 3.63) is 36.9 Å². The van der Waals surface area contributed by atoms with Gasteiger partial charge >= 0.3 is 0 Å². The van der Waals surface area contributed by atoms with Crippen molar-refractivity contribution in [1.82, 2.24) is 0 Å². The van der Waals surface area contributed by atoms with Gasteiger partial charge in [0.2, 0.25) is 0 Å². The third kappa shape index (κ3) is 2.93. The summed E-state index contributed by atoms with van der Waals surface area (Å²) >= 11 is 0. The lowest BCUT2D eigenvalue weighted by atomic mass is 10.2. The van der Waals surface area contributed by atoms with Gasteiger partial charge in [0.15, 0.2) is 0 Å². The van der Waals surface area contributed by atoms with E-state index in [0.29, 0.717) is 13.2 Å². The van der Waals surface area contributed by atoms with E-state index in [1.165, 1.54) is 5.56 Å². The van der Waals surface area contributed by atoms with Gasteiger partial charge in [-0.25, -0.2) is 0 Å². The van der Waals surface area contributed by atoms with Crippen LogP contribution in [0, 0.1) is 14.0 Å². The zero-order chi connectivity index (χ0) is 8.81. The zero-order valence-corrected chi connectivity index (χ0v) is 7.25. The zero-order valence-electron chi connectivity index (χ0n) is 7.25. The fourth-order valence-electron chi connectivity index (χ4n) is 0.853. The maximum absolute atomic E-state index is 5.34. The highest BCUT2D eigenvalue weighted by Gasteiger charge is 1.91. The number of hydrogen-bond acceptors (Lipinski definition) is 2. The van der Waals surface area contributed by atoms with E-state index in [1.807, 2.05) is 31.2 Å². The minimum Gasteiger partial charge on any atom is -0.491 e. The molecule has 12 heavy (non-hydrogen) atoms. The monoisotopic (exact) mass is 165 g/mol. The summed E-state index contributed by atoms with van der Waals surface area (Å²) in [5.74, 6) is 0.873. The molecule has 0 aliphatic heterocycles. The molecule has 0 bridgehead atoms. The highest BCUT2D eigenvalue weighted by atomic mass is 16.5. The number of hydrogen-bond donors (Lipinski definition) is 0. The number of rotatable bonds is 4. The Labute approximate surface area is 73.1 Å². The first-order valence-electron chi connectivity index (χ1n) is 3.89. The summed E-state index contributed by atoms with van der Waals surface area (Å²) in [6, 6.07) is 7.91. The molecule has 65 valence electrons.